The number of nitrogens with zero attached hydrogens (tertiary/aromatic N) is 3. The van der Waals surface area contributed by atoms with Gasteiger partial charge in [0.15, 0.2) is 0 Å². The molecule has 1 saturated heterocycles. The summed E-state index contributed by atoms with van der Waals surface area (Å²) in [5.74, 6) is 1.40. The van der Waals surface area contributed by atoms with E-state index in [1.54, 1.807) is 12.3 Å². The highest BCUT2D eigenvalue weighted by Gasteiger charge is 2.21. The van der Waals surface area contributed by atoms with Crippen molar-refractivity contribution in [3.05, 3.63) is 54.2 Å². The highest BCUT2D eigenvalue weighted by molar-refractivity contribution is 5.82. The fourth-order valence-electron chi connectivity index (χ4n) is 2.37. The Morgan fingerprint density at radius 3 is 2.48 bits per heavy atom. The van der Waals surface area contributed by atoms with E-state index in [1.165, 1.54) is 0 Å². The number of para-hydroxylation sites is 1. The molecule has 1 aliphatic heterocycles. The van der Waals surface area contributed by atoms with Crippen molar-refractivity contribution in [3.63, 3.8) is 0 Å². The minimum Gasteiger partial charge on any atom is -0.507 e. The van der Waals surface area contributed by atoms with Crippen LogP contribution in [-0.2, 0) is 0 Å². The normalized spacial score (nSPS) is 15.6. The topological polar surface area (TPSA) is 53.2 Å². The van der Waals surface area contributed by atoms with Crippen molar-refractivity contribution in [2.75, 3.05) is 31.1 Å². The number of benzene rings is 1. The van der Waals surface area contributed by atoms with E-state index in [2.05, 4.69) is 21.1 Å². The second-order valence-electron chi connectivity index (χ2n) is 4.99. The number of nitrogens with one attached hydrogen (secondary N) is 1. The van der Waals surface area contributed by atoms with Crippen molar-refractivity contribution in [1.29, 1.82) is 0 Å². The van der Waals surface area contributed by atoms with Crippen LogP contribution in [0.1, 0.15) is 5.56 Å². The third kappa shape index (κ3) is 3.31. The first kappa shape index (κ1) is 13.4. The fraction of sp³-hybridized carbons (Fsp3) is 0.250. The molecule has 0 unspecified atom stereocenters. The molecular weight excluding hydrogens is 264 g/mol. The van der Waals surface area contributed by atoms with E-state index in [0.29, 0.717) is 0 Å². The summed E-state index contributed by atoms with van der Waals surface area (Å²) in [6.45, 7) is 3.59. The number of aromatic nitrogens is 1. The Bertz CT molecular complexity index is 607. The van der Waals surface area contributed by atoms with Gasteiger partial charge in [-0.05, 0) is 18.2 Å². The van der Waals surface area contributed by atoms with E-state index in [9.17, 15) is 5.11 Å². The zero-order chi connectivity index (χ0) is 14.5. The number of hydrogen-bond donors (Lipinski definition) is 1. The SMILES string of the molecule is Oc1ccccc1C=NN1CCN(c2cccc[nH+]2)CC1. The zero-order valence-electron chi connectivity index (χ0n) is 11.8. The molecule has 108 valence electrons. The van der Waals surface area contributed by atoms with Crippen LogP contribution >= 0.6 is 0 Å². The monoisotopic (exact) mass is 283 g/mol. The summed E-state index contributed by atoms with van der Waals surface area (Å²) in [7, 11) is 0. The lowest BCUT2D eigenvalue weighted by Crippen LogP contribution is -2.45. The molecule has 2 N–H and O–H groups in total. The van der Waals surface area contributed by atoms with Gasteiger partial charge in [-0.3, -0.25) is 9.91 Å². The highest BCUT2D eigenvalue weighted by Crippen LogP contribution is 2.14. The number of hydrogen-bond acceptors (Lipinski definition) is 4. The zero-order valence-corrected chi connectivity index (χ0v) is 11.8. The molecule has 1 aromatic carbocycles. The molecule has 0 saturated carbocycles. The van der Waals surface area contributed by atoms with Gasteiger partial charge in [-0.15, -0.1) is 0 Å². The molecule has 1 aromatic heterocycles. The van der Waals surface area contributed by atoms with Crippen LogP contribution in [0.5, 0.6) is 5.75 Å². The molecule has 0 spiro atoms. The Morgan fingerprint density at radius 2 is 1.76 bits per heavy atom. The van der Waals surface area contributed by atoms with Gasteiger partial charge in [0, 0.05) is 11.6 Å². The van der Waals surface area contributed by atoms with Gasteiger partial charge in [0.05, 0.1) is 25.5 Å². The first-order valence-corrected chi connectivity index (χ1v) is 7.11. The molecular formula is C16H19N4O+. The van der Waals surface area contributed by atoms with Crippen molar-refractivity contribution >= 4 is 12.0 Å². The molecule has 2 heterocycles. The lowest BCUT2D eigenvalue weighted by atomic mass is 10.2. The minimum absolute atomic E-state index is 0.263. The number of pyridine rings is 1. The van der Waals surface area contributed by atoms with Gasteiger partial charge in [-0.25, -0.2) is 4.98 Å². The maximum absolute atomic E-state index is 9.71. The summed E-state index contributed by atoms with van der Waals surface area (Å²) in [5, 5.41) is 16.2. The van der Waals surface area contributed by atoms with E-state index >= 15 is 0 Å². The van der Waals surface area contributed by atoms with Crippen molar-refractivity contribution in [2.45, 2.75) is 0 Å². The molecule has 0 radical (unpaired) electrons. The number of anilines is 1. The Balaban J connectivity index is 1.58. The molecule has 21 heavy (non-hydrogen) atoms. The standard InChI is InChI=1S/C16H18N4O/c21-15-6-2-1-5-14(15)13-18-20-11-9-19(10-12-20)16-7-3-4-8-17-16/h1-8,13,21H,9-12H2/p+1. The molecule has 0 amide bonds. The molecule has 3 rings (SSSR count). The van der Waals surface area contributed by atoms with Crippen LogP contribution in [0.25, 0.3) is 0 Å². The molecule has 1 fully saturated rings. The molecule has 0 aliphatic carbocycles. The van der Waals surface area contributed by atoms with Gasteiger partial charge in [0.1, 0.15) is 18.8 Å². The van der Waals surface area contributed by atoms with Gasteiger partial charge < -0.3 is 5.11 Å². The fourth-order valence-corrected chi connectivity index (χ4v) is 2.37. The smallest absolute Gasteiger partial charge is 0.274 e. The lowest BCUT2D eigenvalue weighted by molar-refractivity contribution is -0.364. The van der Waals surface area contributed by atoms with Gasteiger partial charge >= 0.3 is 0 Å². The van der Waals surface area contributed by atoms with E-state index in [0.717, 1.165) is 37.6 Å². The number of phenols is 1. The second-order valence-corrected chi connectivity index (χ2v) is 4.99. The van der Waals surface area contributed by atoms with E-state index in [1.807, 2.05) is 41.5 Å². The number of aromatic amines is 1. The number of phenolic OH excluding ortho intramolecular Hbond substituents is 1. The Morgan fingerprint density at radius 1 is 1.00 bits per heavy atom. The largest absolute Gasteiger partial charge is 0.507 e. The maximum atomic E-state index is 9.71. The van der Waals surface area contributed by atoms with Crippen LogP contribution in [0.3, 0.4) is 0 Å². The van der Waals surface area contributed by atoms with Crippen LogP contribution in [0.15, 0.2) is 53.8 Å². The summed E-state index contributed by atoms with van der Waals surface area (Å²) in [5.41, 5.74) is 0.747. The quantitative estimate of drug-likeness (QED) is 0.865. The van der Waals surface area contributed by atoms with E-state index in [-0.39, 0.29) is 5.75 Å². The molecule has 5 heteroatoms. The minimum atomic E-state index is 0.263. The summed E-state index contributed by atoms with van der Waals surface area (Å²) >= 11 is 0. The van der Waals surface area contributed by atoms with Crippen LogP contribution in [0.4, 0.5) is 5.82 Å². The number of aromatic hydroxyl groups is 1. The highest BCUT2D eigenvalue weighted by atomic mass is 16.3. The van der Waals surface area contributed by atoms with Crippen molar-refractivity contribution in [1.82, 2.24) is 5.01 Å². The average molecular weight is 283 g/mol. The number of hydrazone groups is 1. The molecule has 5 nitrogen and oxygen atoms in total. The van der Waals surface area contributed by atoms with Crippen molar-refractivity contribution in [2.24, 2.45) is 5.10 Å². The Hall–Kier alpha value is -2.56. The van der Waals surface area contributed by atoms with Crippen LogP contribution < -0.4 is 9.88 Å². The van der Waals surface area contributed by atoms with E-state index < -0.39 is 0 Å². The molecule has 2 aromatic rings. The van der Waals surface area contributed by atoms with Crippen molar-refractivity contribution in [3.8, 4) is 5.75 Å². The molecule has 1 aliphatic rings. The summed E-state index contributed by atoms with van der Waals surface area (Å²) in [6.07, 6.45) is 3.66. The Labute approximate surface area is 124 Å². The van der Waals surface area contributed by atoms with Crippen LogP contribution in [0, 0.1) is 0 Å². The predicted molar refractivity (Wildman–Crippen MR) is 82.5 cm³/mol. The number of piperazine rings is 1. The molecule has 0 atom stereocenters. The first-order chi connectivity index (χ1) is 10.3. The lowest BCUT2D eigenvalue weighted by Gasteiger charge is -2.28. The second kappa shape index (κ2) is 6.26. The number of H-pyrrole nitrogens is 1. The van der Waals surface area contributed by atoms with Gasteiger partial charge in [0.2, 0.25) is 0 Å². The van der Waals surface area contributed by atoms with Gasteiger partial charge in [-0.1, -0.05) is 18.2 Å². The van der Waals surface area contributed by atoms with Crippen LogP contribution in [-0.4, -0.2) is 42.5 Å². The predicted octanol–water partition coefficient (Wildman–Crippen LogP) is 1.36. The number of rotatable bonds is 3. The van der Waals surface area contributed by atoms with Crippen molar-refractivity contribution < 1.29 is 10.1 Å². The van der Waals surface area contributed by atoms with Gasteiger partial charge in [0.25, 0.3) is 5.82 Å². The first-order valence-electron chi connectivity index (χ1n) is 7.11. The van der Waals surface area contributed by atoms with Crippen LogP contribution in [0.2, 0.25) is 0 Å². The summed E-state index contributed by atoms with van der Waals surface area (Å²) < 4.78 is 0. The Kier molecular flexibility index (Phi) is 4.00. The van der Waals surface area contributed by atoms with Gasteiger partial charge in [-0.2, -0.15) is 5.10 Å². The maximum Gasteiger partial charge on any atom is 0.274 e. The van der Waals surface area contributed by atoms with E-state index in [4.69, 9.17) is 0 Å². The summed E-state index contributed by atoms with van der Waals surface area (Å²) in [4.78, 5) is 5.57. The third-order valence-electron chi connectivity index (χ3n) is 3.59. The summed E-state index contributed by atoms with van der Waals surface area (Å²) in [6, 6.07) is 13.3. The molecule has 0 bridgehead atoms. The third-order valence-corrected chi connectivity index (χ3v) is 3.59. The average Bonchev–Trinajstić information content (AvgIpc) is 2.55.